The van der Waals surface area contributed by atoms with Crippen molar-refractivity contribution in [3.63, 3.8) is 0 Å². The average molecular weight is 185 g/mol. The van der Waals surface area contributed by atoms with Crippen LogP contribution in [0.5, 0.6) is 0 Å². The molecule has 0 aliphatic rings. The number of hydrogen-bond donors (Lipinski definition) is 0. The number of hydrogen-bond acceptors (Lipinski definition) is 0. The van der Waals surface area contributed by atoms with E-state index in [9.17, 15) is 4.39 Å². The fraction of sp³-hybridized carbons (Fsp3) is 0.200. The van der Waals surface area contributed by atoms with Crippen LogP contribution < -0.4 is 0 Å². The summed E-state index contributed by atoms with van der Waals surface area (Å²) in [7, 11) is 0. The zero-order chi connectivity index (χ0) is 9.14. The Kier molecular flexibility index (Phi) is 2.88. The minimum absolute atomic E-state index is 0.167. The quantitative estimate of drug-likeness (QED) is 0.617. The maximum Gasteiger partial charge on any atom is 0.142 e. The van der Waals surface area contributed by atoms with Crippen molar-refractivity contribution in [2.45, 2.75) is 13.3 Å². The van der Waals surface area contributed by atoms with Crippen LogP contribution in [0.25, 0.3) is 0 Å². The van der Waals surface area contributed by atoms with Gasteiger partial charge in [-0.3, -0.25) is 0 Å². The predicted octanol–water partition coefficient (Wildman–Crippen LogP) is 3.60. The molecule has 0 radical (unpaired) electrons. The summed E-state index contributed by atoms with van der Waals surface area (Å²) in [6.07, 6.45) is 0.702. The summed E-state index contributed by atoms with van der Waals surface area (Å²) in [5.74, 6) is -0.365. The van der Waals surface area contributed by atoms with Crippen LogP contribution in [0.3, 0.4) is 0 Å². The molecule has 0 aliphatic heterocycles. The van der Waals surface area contributed by atoms with Gasteiger partial charge in [0.25, 0.3) is 0 Å². The maximum atomic E-state index is 12.9. The molecule has 0 unspecified atom stereocenters. The Morgan fingerprint density at radius 2 is 2.25 bits per heavy atom. The van der Waals surface area contributed by atoms with Crippen molar-refractivity contribution < 1.29 is 4.39 Å². The van der Waals surface area contributed by atoms with Gasteiger partial charge in [0.15, 0.2) is 0 Å². The van der Waals surface area contributed by atoms with Crippen molar-refractivity contribution in [2.75, 3.05) is 0 Å². The normalized spacial score (nSPS) is 9.92. The first-order valence-electron chi connectivity index (χ1n) is 3.68. The molecule has 2 heteroatoms. The molecule has 0 spiro atoms. The monoisotopic (exact) mass is 184 g/mol. The third-order valence-corrected chi connectivity index (χ3v) is 1.80. The predicted molar refractivity (Wildman–Crippen MR) is 49.9 cm³/mol. The number of halogens is 2. The third kappa shape index (κ3) is 2.35. The Bertz CT molecular complexity index is 305. The van der Waals surface area contributed by atoms with E-state index in [0.717, 1.165) is 11.1 Å². The fourth-order valence-corrected chi connectivity index (χ4v) is 1.12. The summed E-state index contributed by atoms with van der Waals surface area (Å²) in [5.41, 5.74) is 1.92. The molecule has 0 bridgehead atoms. The van der Waals surface area contributed by atoms with Crippen molar-refractivity contribution in [3.05, 3.63) is 46.8 Å². The van der Waals surface area contributed by atoms with Crippen LogP contribution in [0.15, 0.2) is 30.4 Å². The van der Waals surface area contributed by atoms with Gasteiger partial charge < -0.3 is 0 Å². The molecule has 1 aromatic rings. The van der Waals surface area contributed by atoms with Gasteiger partial charge in [-0.25, -0.2) is 4.39 Å². The van der Waals surface area contributed by atoms with Gasteiger partial charge >= 0.3 is 0 Å². The third-order valence-electron chi connectivity index (χ3n) is 1.49. The molecule has 0 aliphatic carbocycles. The van der Waals surface area contributed by atoms with Crippen LogP contribution in [0.1, 0.15) is 12.5 Å². The Hall–Kier alpha value is -0.820. The largest absolute Gasteiger partial charge is 0.205 e. The van der Waals surface area contributed by atoms with E-state index in [-0.39, 0.29) is 10.8 Å². The molecule has 1 aromatic carbocycles. The van der Waals surface area contributed by atoms with Gasteiger partial charge in [-0.05, 0) is 31.0 Å². The summed E-state index contributed by atoms with van der Waals surface area (Å²) >= 11 is 5.52. The molecule has 0 saturated heterocycles. The highest BCUT2D eigenvalue weighted by molar-refractivity contribution is 6.30. The van der Waals surface area contributed by atoms with E-state index in [1.165, 1.54) is 6.07 Å². The first kappa shape index (κ1) is 9.27. The summed E-state index contributed by atoms with van der Waals surface area (Å²) in [4.78, 5) is 0. The van der Waals surface area contributed by atoms with Gasteiger partial charge in [0, 0.05) is 0 Å². The van der Waals surface area contributed by atoms with Gasteiger partial charge in [-0.1, -0.05) is 29.8 Å². The van der Waals surface area contributed by atoms with Gasteiger partial charge in [0.1, 0.15) is 5.82 Å². The topological polar surface area (TPSA) is 0 Å². The van der Waals surface area contributed by atoms with E-state index in [2.05, 4.69) is 6.58 Å². The second-order valence-corrected chi connectivity index (χ2v) is 3.29. The Morgan fingerprint density at radius 1 is 1.58 bits per heavy atom. The van der Waals surface area contributed by atoms with E-state index >= 15 is 0 Å². The summed E-state index contributed by atoms with van der Waals surface area (Å²) in [6, 6.07) is 4.81. The molecule has 0 saturated carbocycles. The van der Waals surface area contributed by atoms with Crippen LogP contribution >= 0.6 is 11.6 Å². The summed E-state index contributed by atoms with van der Waals surface area (Å²) in [5, 5.41) is 0.167. The van der Waals surface area contributed by atoms with Crippen molar-refractivity contribution in [3.8, 4) is 0 Å². The molecular formula is C10H10ClF. The molecule has 0 fully saturated rings. The van der Waals surface area contributed by atoms with E-state index in [1.807, 2.05) is 6.92 Å². The highest BCUT2D eigenvalue weighted by Gasteiger charge is 2.00. The van der Waals surface area contributed by atoms with Gasteiger partial charge in [0.2, 0.25) is 0 Å². The van der Waals surface area contributed by atoms with E-state index in [0.29, 0.717) is 6.42 Å². The van der Waals surface area contributed by atoms with Crippen LogP contribution in [-0.4, -0.2) is 0 Å². The number of allylic oxidation sites excluding steroid dienone is 1. The zero-order valence-corrected chi connectivity index (χ0v) is 7.66. The summed E-state index contributed by atoms with van der Waals surface area (Å²) < 4.78 is 12.9. The second kappa shape index (κ2) is 3.72. The highest BCUT2D eigenvalue weighted by Crippen LogP contribution is 2.16. The van der Waals surface area contributed by atoms with Gasteiger partial charge in [0.05, 0.1) is 5.02 Å². The van der Waals surface area contributed by atoms with Crippen LogP contribution in [0.4, 0.5) is 4.39 Å². The minimum atomic E-state index is -0.365. The lowest BCUT2D eigenvalue weighted by Crippen LogP contribution is -1.87. The fourth-order valence-electron chi connectivity index (χ4n) is 0.998. The van der Waals surface area contributed by atoms with E-state index in [4.69, 9.17) is 11.6 Å². The van der Waals surface area contributed by atoms with Crippen molar-refractivity contribution >= 4 is 11.6 Å². The molecule has 64 valence electrons. The molecule has 0 heterocycles. The van der Waals surface area contributed by atoms with Gasteiger partial charge in [-0.15, -0.1) is 0 Å². The molecule has 0 aromatic heterocycles. The molecule has 0 atom stereocenters. The Balaban J connectivity index is 2.89. The van der Waals surface area contributed by atoms with E-state index < -0.39 is 0 Å². The van der Waals surface area contributed by atoms with Crippen LogP contribution in [0, 0.1) is 5.82 Å². The standard InChI is InChI=1S/C10H10ClF/c1-7(2)5-8-3-4-9(11)10(12)6-8/h3-4,6H,1,5H2,2H3. The minimum Gasteiger partial charge on any atom is -0.205 e. The van der Waals surface area contributed by atoms with Crippen LogP contribution in [-0.2, 0) is 6.42 Å². The smallest absolute Gasteiger partial charge is 0.142 e. The Labute approximate surface area is 76.7 Å². The van der Waals surface area contributed by atoms with Gasteiger partial charge in [-0.2, -0.15) is 0 Å². The number of rotatable bonds is 2. The lowest BCUT2D eigenvalue weighted by molar-refractivity contribution is 0.626. The number of benzene rings is 1. The first-order chi connectivity index (χ1) is 5.59. The first-order valence-corrected chi connectivity index (χ1v) is 4.05. The SMILES string of the molecule is C=C(C)Cc1ccc(Cl)c(F)c1. The lowest BCUT2D eigenvalue weighted by atomic mass is 10.1. The van der Waals surface area contributed by atoms with E-state index in [1.54, 1.807) is 12.1 Å². The zero-order valence-electron chi connectivity index (χ0n) is 6.90. The summed E-state index contributed by atoms with van der Waals surface area (Å²) in [6.45, 7) is 5.66. The maximum absolute atomic E-state index is 12.9. The molecule has 1 rings (SSSR count). The van der Waals surface area contributed by atoms with Crippen molar-refractivity contribution in [1.29, 1.82) is 0 Å². The van der Waals surface area contributed by atoms with Crippen molar-refractivity contribution in [1.82, 2.24) is 0 Å². The van der Waals surface area contributed by atoms with Crippen LogP contribution in [0.2, 0.25) is 5.02 Å². The molecule has 0 N–H and O–H groups in total. The molecule has 0 amide bonds. The Morgan fingerprint density at radius 3 is 2.75 bits per heavy atom. The molecule has 12 heavy (non-hydrogen) atoms. The highest BCUT2D eigenvalue weighted by atomic mass is 35.5. The average Bonchev–Trinajstić information content (AvgIpc) is 1.96. The molecule has 0 nitrogen and oxygen atoms in total. The molecular weight excluding hydrogens is 175 g/mol. The van der Waals surface area contributed by atoms with Crippen molar-refractivity contribution in [2.24, 2.45) is 0 Å². The second-order valence-electron chi connectivity index (χ2n) is 2.88. The lowest BCUT2D eigenvalue weighted by Gasteiger charge is -2.00.